The third-order valence-electron chi connectivity index (χ3n) is 2.51. The largest absolute Gasteiger partial charge is 0.492 e. The fourth-order valence-electron chi connectivity index (χ4n) is 1.65. The molecule has 0 amide bonds. The van der Waals surface area contributed by atoms with Crippen LogP contribution in [0.25, 0.3) is 0 Å². The van der Waals surface area contributed by atoms with Crippen molar-refractivity contribution in [1.82, 2.24) is 0 Å². The monoisotopic (exact) mass is 241 g/mol. The molecule has 2 nitrogen and oxygen atoms in total. The molecule has 0 bridgehead atoms. The molecule has 2 N–H and O–H groups in total. The van der Waals surface area contributed by atoms with Crippen LogP contribution < -0.4 is 10.5 Å². The fourth-order valence-corrected chi connectivity index (χ4v) is 1.96. The van der Waals surface area contributed by atoms with Crippen molar-refractivity contribution >= 4 is 11.6 Å². The van der Waals surface area contributed by atoms with Crippen molar-refractivity contribution in [1.29, 1.82) is 0 Å². The van der Waals surface area contributed by atoms with Crippen LogP contribution in [0.2, 0.25) is 5.02 Å². The maximum absolute atomic E-state index is 6.23. The van der Waals surface area contributed by atoms with Crippen LogP contribution in [0.1, 0.15) is 37.8 Å². The predicted octanol–water partition coefficient (Wildman–Crippen LogP) is 3.36. The molecule has 0 atom stereocenters. The highest BCUT2D eigenvalue weighted by atomic mass is 35.5. The van der Waals surface area contributed by atoms with E-state index in [0.29, 0.717) is 24.1 Å². The van der Waals surface area contributed by atoms with Crippen molar-refractivity contribution in [2.24, 2.45) is 5.73 Å². The highest BCUT2D eigenvalue weighted by Crippen LogP contribution is 2.33. The van der Waals surface area contributed by atoms with Crippen molar-refractivity contribution < 1.29 is 4.74 Å². The molecule has 16 heavy (non-hydrogen) atoms. The lowest BCUT2D eigenvalue weighted by Crippen LogP contribution is -2.06. The van der Waals surface area contributed by atoms with Crippen LogP contribution in [-0.4, -0.2) is 13.2 Å². The number of rotatable bonds is 5. The normalized spacial score (nSPS) is 10.9. The van der Waals surface area contributed by atoms with E-state index in [0.717, 1.165) is 17.7 Å². The van der Waals surface area contributed by atoms with E-state index < -0.39 is 0 Å². The van der Waals surface area contributed by atoms with Crippen molar-refractivity contribution in [3.63, 3.8) is 0 Å². The zero-order valence-corrected chi connectivity index (χ0v) is 11.0. The minimum Gasteiger partial charge on any atom is -0.492 e. The first-order valence-electron chi connectivity index (χ1n) is 5.75. The van der Waals surface area contributed by atoms with Crippen molar-refractivity contribution in [3.8, 4) is 5.75 Å². The molecular formula is C13H20ClNO. The third-order valence-corrected chi connectivity index (χ3v) is 2.79. The number of ether oxygens (including phenoxy) is 1. The lowest BCUT2D eigenvalue weighted by atomic mass is 9.99. The molecule has 0 radical (unpaired) electrons. The predicted molar refractivity (Wildman–Crippen MR) is 69.5 cm³/mol. The molecule has 1 rings (SSSR count). The van der Waals surface area contributed by atoms with Gasteiger partial charge in [0.2, 0.25) is 0 Å². The number of halogens is 1. The Morgan fingerprint density at radius 3 is 2.56 bits per heavy atom. The van der Waals surface area contributed by atoms with Gasteiger partial charge >= 0.3 is 0 Å². The molecule has 0 aliphatic carbocycles. The number of benzene rings is 1. The quantitative estimate of drug-likeness (QED) is 0.858. The Bertz CT molecular complexity index is 350. The van der Waals surface area contributed by atoms with Crippen LogP contribution in [0.5, 0.6) is 5.75 Å². The summed E-state index contributed by atoms with van der Waals surface area (Å²) < 4.78 is 5.57. The second kappa shape index (κ2) is 6.12. The van der Waals surface area contributed by atoms with Gasteiger partial charge in [0.05, 0.1) is 11.6 Å². The zero-order chi connectivity index (χ0) is 12.1. The topological polar surface area (TPSA) is 35.2 Å². The van der Waals surface area contributed by atoms with Crippen LogP contribution in [0.3, 0.4) is 0 Å². The molecule has 90 valence electrons. The van der Waals surface area contributed by atoms with Crippen LogP contribution in [-0.2, 0) is 6.42 Å². The lowest BCUT2D eigenvalue weighted by molar-refractivity contribution is 0.336. The molecule has 0 saturated heterocycles. The standard InChI is InChI=1S/C13H20ClNO/c1-4-16-13-10(5-6-15)7-11(9(2)3)8-12(13)14/h7-9H,4-6,15H2,1-3H3. The zero-order valence-electron chi connectivity index (χ0n) is 10.2. The second-order valence-electron chi connectivity index (χ2n) is 4.12. The Morgan fingerprint density at radius 2 is 2.06 bits per heavy atom. The maximum atomic E-state index is 6.23. The van der Waals surface area contributed by atoms with Gasteiger partial charge in [0, 0.05) is 0 Å². The first-order valence-corrected chi connectivity index (χ1v) is 6.13. The first kappa shape index (κ1) is 13.3. The van der Waals surface area contributed by atoms with E-state index in [-0.39, 0.29) is 0 Å². The summed E-state index contributed by atoms with van der Waals surface area (Å²) in [4.78, 5) is 0. The fraction of sp³-hybridized carbons (Fsp3) is 0.538. The SMILES string of the molecule is CCOc1c(Cl)cc(C(C)C)cc1CCN. The van der Waals surface area contributed by atoms with Crippen LogP contribution in [0.4, 0.5) is 0 Å². The van der Waals surface area contributed by atoms with Crippen molar-refractivity contribution in [3.05, 3.63) is 28.3 Å². The highest BCUT2D eigenvalue weighted by Gasteiger charge is 2.11. The smallest absolute Gasteiger partial charge is 0.141 e. The minimum atomic E-state index is 0.463. The lowest BCUT2D eigenvalue weighted by Gasteiger charge is -2.15. The average molecular weight is 242 g/mol. The summed E-state index contributed by atoms with van der Waals surface area (Å²) >= 11 is 6.23. The Balaban J connectivity index is 3.16. The summed E-state index contributed by atoms with van der Waals surface area (Å²) in [6.07, 6.45) is 0.801. The molecule has 0 fully saturated rings. The number of hydrogen-bond acceptors (Lipinski definition) is 2. The first-order chi connectivity index (χ1) is 7.60. The molecule has 0 aromatic heterocycles. The van der Waals surface area contributed by atoms with Gasteiger partial charge in [0.15, 0.2) is 0 Å². The van der Waals surface area contributed by atoms with Gasteiger partial charge in [-0.1, -0.05) is 31.5 Å². The molecule has 0 saturated carbocycles. The number of nitrogens with two attached hydrogens (primary N) is 1. The van der Waals surface area contributed by atoms with Crippen LogP contribution in [0, 0.1) is 0 Å². The molecule has 3 heteroatoms. The van der Waals surface area contributed by atoms with Gasteiger partial charge in [0.25, 0.3) is 0 Å². The number of hydrogen-bond donors (Lipinski definition) is 1. The minimum absolute atomic E-state index is 0.463. The van der Waals surface area contributed by atoms with E-state index in [9.17, 15) is 0 Å². The molecule has 0 aliphatic heterocycles. The second-order valence-corrected chi connectivity index (χ2v) is 4.52. The molecule has 0 spiro atoms. The van der Waals surface area contributed by atoms with Gasteiger partial charge in [-0.15, -0.1) is 0 Å². The molecule has 0 unspecified atom stereocenters. The molecule has 1 aromatic rings. The van der Waals surface area contributed by atoms with Crippen molar-refractivity contribution in [2.45, 2.75) is 33.1 Å². The summed E-state index contributed by atoms with van der Waals surface area (Å²) in [5, 5.41) is 0.691. The van der Waals surface area contributed by atoms with E-state index in [1.165, 1.54) is 5.56 Å². The Morgan fingerprint density at radius 1 is 1.38 bits per heavy atom. The average Bonchev–Trinajstić information content (AvgIpc) is 2.23. The third kappa shape index (κ3) is 3.13. The van der Waals surface area contributed by atoms with Gasteiger partial charge in [-0.2, -0.15) is 0 Å². The van der Waals surface area contributed by atoms with Gasteiger partial charge in [0.1, 0.15) is 5.75 Å². The highest BCUT2D eigenvalue weighted by molar-refractivity contribution is 6.32. The molecular weight excluding hydrogens is 222 g/mol. The van der Waals surface area contributed by atoms with E-state index in [4.69, 9.17) is 22.1 Å². The Hall–Kier alpha value is -0.730. The Labute approximate surface area is 103 Å². The van der Waals surface area contributed by atoms with Gasteiger partial charge in [-0.3, -0.25) is 0 Å². The molecule has 1 aromatic carbocycles. The summed E-state index contributed by atoms with van der Waals surface area (Å²) in [7, 11) is 0. The Kier molecular flexibility index (Phi) is 5.10. The van der Waals surface area contributed by atoms with Crippen molar-refractivity contribution in [2.75, 3.05) is 13.2 Å². The van der Waals surface area contributed by atoms with Crippen LogP contribution in [0.15, 0.2) is 12.1 Å². The van der Waals surface area contributed by atoms with E-state index in [2.05, 4.69) is 19.9 Å². The van der Waals surface area contributed by atoms with Gasteiger partial charge in [-0.25, -0.2) is 0 Å². The van der Waals surface area contributed by atoms with E-state index >= 15 is 0 Å². The van der Waals surface area contributed by atoms with Crippen LogP contribution >= 0.6 is 11.6 Å². The van der Waals surface area contributed by atoms with E-state index in [1.807, 2.05) is 13.0 Å². The van der Waals surface area contributed by atoms with Gasteiger partial charge in [-0.05, 0) is 43.0 Å². The van der Waals surface area contributed by atoms with Gasteiger partial charge < -0.3 is 10.5 Å². The summed E-state index contributed by atoms with van der Waals surface area (Å²) in [5.41, 5.74) is 7.95. The summed E-state index contributed by atoms with van der Waals surface area (Å²) in [6, 6.07) is 4.13. The molecule has 0 aliphatic rings. The van der Waals surface area contributed by atoms with E-state index in [1.54, 1.807) is 0 Å². The summed E-state index contributed by atoms with van der Waals surface area (Å²) in [6.45, 7) is 7.49. The molecule has 0 heterocycles. The maximum Gasteiger partial charge on any atom is 0.141 e. The summed E-state index contributed by atoms with van der Waals surface area (Å²) in [5.74, 6) is 1.25.